The molecule has 80 valence electrons. The zero-order valence-electron chi connectivity index (χ0n) is 9.05. The third kappa shape index (κ3) is 8.22. The summed E-state index contributed by atoms with van der Waals surface area (Å²) in [4.78, 5) is 0. The maximum Gasteiger partial charge on any atom is 0.0558 e. The highest BCUT2D eigenvalue weighted by atomic mass is 15.1. The summed E-state index contributed by atoms with van der Waals surface area (Å²) < 4.78 is 0. The third-order valence-electron chi connectivity index (χ3n) is 2.17. The maximum absolute atomic E-state index is 5.84. The van der Waals surface area contributed by atoms with Crippen LogP contribution in [0.4, 0.5) is 0 Å². The van der Waals surface area contributed by atoms with Crippen LogP contribution in [0.1, 0.15) is 52.4 Å². The minimum absolute atomic E-state index is 0.0757. The van der Waals surface area contributed by atoms with Crippen molar-refractivity contribution in [1.29, 1.82) is 0 Å². The summed E-state index contributed by atoms with van der Waals surface area (Å²) >= 11 is 0. The number of unbranched alkanes of at least 4 members (excludes halogenated alkanes) is 2. The van der Waals surface area contributed by atoms with Crippen LogP contribution >= 0.6 is 0 Å². The van der Waals surface area contributed by atoms with Crippen molar-refractivity contribution in [3.8, 4) is 0 Å². The van der Waals surface area contributed by atoms with Crippen LogP contribution in [0.2, 0.25) is 0 Å². The van der Waals surface area contributed by atoms with Crippen LogP contribution in [0.25, 0.3) is 0 Å². The van der Waals surface area contributed by atoms with Crippen LogP contribution in [-0.4, -0.2) is 12.3 Å². The predicted octanol–water partition coefficient (Wildman–Crippen LogP) is 1.53. The van der Waals surface area contributed by atoms with Gasteiger partial charge in [0, 0.05) is 0 Å². The van der Waals surface area contributed by atoms with Gasteiger partial charge in [0.05, 0.1) is 12.3 Å². The Kier molecular flexibility index (Phi) is 8.40. The van der Waals surface area contributed by atoms with Gasteiger partial charge < -0.3 is 11.5 Å². The predicted molar refractivity (Wildman–Crippen MR) is 58.1 cm³/mol. The number of nitrogens with one attached hydrogen (secondary N) is 1. The lowest BCUT2D eigenvalue weighted by Gasteiger charge is -2.19. The molecule has 3 heteroatoms. The van der Waals surface area contributed by atoms with E-state index in [2.05, 4.69) is 19.2 Å². The number of nitrogens with two attached hydrogens (primary N) is 2. The first-order chi connectivity index (χ1) is 6.20. The first kappa shape index (κ1) is 12.9. The Hall–Kier alpha value is -0.120. The van der Waals surface area contributed by atoms with E-state index in [0.29, 0.717) is 0 Å². The van der Waals surface area contributed by atoms with Crippen LogP contribution in [0.5, 0.6) is 0 Å². The molecule has 0 radical (unpaired) electrons. The third-order valence-corrected chi connectivity index (χ3v) is 2.17. The summed E-state index contributed by atoms with van der Waals surface area (Å²) in [6.45, 7) is 4.34. The summed E-state index contributed by atoms with van der Waals surface area (Å²) in [5, 5.41) is 3.20. The van der Waals surface area contributed by atoms with E-state index in [-0.39, 0.29) is 12.3 Å². The van der Waals surface area contributed by atoms with Crippen molar-refractivity contribution in [2.24, 2.45) is 11.5 Å². The van der Waals surface area contributed by atoms with Gasteiger partial charge in [0.1, 0.15) is 0 Å². The monoisotopic (exact) mass is 187 g/mol. The van der Waals surface area contributed by atoms with Crippen LogP contribution in [-0.2, 0) is 0 Å². The van der Waals surface area contributed by atoms with Crippen molar-refractivity contribution in [2.45, 2.75) is 64.7 Å². The van der Waals surface area contributed by atoms with Crippen molar-refractivity contribution >= 4 is 0 Å². The van der Waals surface area contributed by atoms with Gasteiger partial charge in [0.2, 0.25) is 0 Å². The standard InChI is InChI=1S/C10H25N3/c1-3-5-7-9(11)13-10(12)8-6-4-2/h9-10,13H,3-8,11-12H2,1-2H3. The second-order valence-electron chi connectivity index (χ2n) is 3.66. The fourth-order valence-corrected chi connectivity index (χ4v) is 1.29. The van der Waals surface area contributed by atoms with Gasteiger partial charge in [-0.05, 0) is 12.8 Å². The number of hydrogen-bond acceptors (Lipinski definition) is 3. The molecule has 0 aliphatic carbocycles. The molecule has 0 aromatic rings. The van der Waals surface area contributed by atoms with E-state index in [1.165, 1.54) is 25.7 Å². The van der Waals surface area contributed by atoms with Gasteiger partial charge in [-0.25, -0.2) is 0 Å². The van der Waals surface area contributed by atoms with Crippen LogP contribution in [0.15, 0.2) is 0 Å². The summed E-state index contributed by atoms with van der Waals surface area (Å²) in [5.74, 6) is 0. The Bertz CT molecular complexity index is 94.3. The summed E-state index contributed by atoms with van der Waals surface area (Å²) in [6.07, 6.45) is 6.94. The number of hydrogen-bond donors (Lipinski definition) is 3. The molecule has 0 saturated heterocycles. The SMILES string of the molecule is CCCCC(N)NC(N)CCCC. The van der Waals surface area contributed by atoms with Gasteiger partial charge in [-0.1, -0.05) is 39.5 Å². The molecule has 0 aromatic carbocycles. The fraction of sp³-hybridized carbons (Fsp3) is 1.00. The van der Waals surface area contributed by atoms with E-state index in [0.717, 1.165) is 12.8 Å². The van der Waals surface area contributed by atoms with Gasteiger partial charge in [-0.2, -0.15) is 0 Å². The van der Waals surface area contributed by atoms with Crippen molar-refractivity contribution in [3.05, 3.63) is 0 Å². The van der Waals surface area contributed by atoms with Gasteiger partial charge in [0.25, 0.3) is 0 Å². The molecule has 0 fully saturated rings. The molecule has 13 heavy (non-hydrogen) atoms. The Morgan fingerprint density at radius 1 is 0.923 bits per heavy atom. The molecule has 0 bridgehead atoms. The highest BCUT2D eigenvalue weighted by Gasteiger charge is 2.06. The molecular weight excluding hydrogens is 162 g/mol. The molecule has 3 nitrogen and oxygen atoms in total. The molecular formula is C10H25N3. The normalized spacial score (nSPS) is 15.7. The fourth-order valence-electron chi connectivity index (χ4n) is 1.29. The molecule has 0 saturated carbocycles. The molecule has 0 aromatic heterocycles. The van der Waals surface area contributed by atoms with Crippen molar-refractivity contribution in [1.82, 2.24) is 5.32 Å². The Morgan fingerprint density at radius 3 is 1.62 bits per heavy atom. The lowest BCUT2D eigenvalue weighted by atomic mass is 10.2. The van der Waals surface area contributed by atoms with Crippen molar-refractivity contribution in [3.63, 3.8) is 0 Å². The van der Waals surface area contributed by atoms with E-state index in [1.807, 2.05) is 0 Å². The van der Waals surface area contributed by atoms with Gasteiger partial charge in [0.15, 0.2) is 0 Å². The molecule has 0 spiro atoms. The summed E-state index contributed by atoms with van der Waals surface area (Å²) in [5.41, 5.74) is 11.7. The molecule has 0 aliphatic rings. The van der Waals surface area contributed by atoms with Crippen molar-refractivity contribution in [2.75, 3.05) is 0 Å². The quantitative estimate of drug-likeness (QED) is 0.505. The molecule has 0 heterocycles. The summed E-state index contributed by atoms with van der Waals surface area (Å²) in [7, 11) is 0. The topological polar surface area (TPSA) is 64.1 Å². The van der Waals surface area contributed by atoms with E-state index in [4.69, 9.17) is 11.5 Å². The average Bonchev–Trinajstić information content (AvgIpc) is 2.11. The molecule has 2 unspecified atom stereocenters. The summed E-state index contributed by atoms with van der Waals surface area (Å²) in [6, 6.07) is 0. The minimum atomic E-state index is 0.0757. The van der Waals surface area contributed by atoms with E-state index in [1.54, 1.807) is 0 Å². The van der Waals surface area contributed by atoms with Gasteiger partial charge in [-0.15, -0.1) is 0 Å². The molecule has 5 N–H and O–H groups in total. The lowest BCUT2D eigenvalue weighted by Crippen LogP contribution is -2.48. The Labute approximate surface area is 82.3 Å². The van der Waals surface area contributed by atoms with E-state index < -0.39 is 0 Å². The first-order valence-electron chi connectivity index (χ1n) is 5.47. The second-order valence-corrected chi connectivity index (χ2v) is 3.66. The zero-order valence-corrected chi connectivity index (χ0v) is 9.05. The Morgan fingerprint density at radius 2 is 1.31 bits per heavy atom. The highest BCUT2D eigenvalue weighted by Crippen LogP contribution is 1.99. The molecule has 2 atom stereocenters. The molecule has 0 amide bonds. The van der Waals surface area contributed by atoms with Gasteiger partial charge >= 0.3 is 0 Å². The number of rotatable bonds is 8. The molecule has 0 rings (SSSR count). The van der Waals surface area contributed by atoms with Crippen molar-refractivity contribution < 1.29 is 0 Å². The van der Waals surface area contributed by atoms with Gasteiger partial charge in [-0.3, -0.25) is 5.32 Å². The van der Waals surface area contributed by atoms with Crippen LogP contribution < -0.4 is 16.8 Å². The maximum atomic E-state index is 5.84. The minimum Gasteiger partial charge on any atom is -0.316 e. The highest BCUT2D eigenvalue weighted by molar-refractivity contribution is 4.64. The zero-order chi connectivity index (χ0) is 10.1. The average molecular weight is 187 g/mol. The Balaban J connectivity index is 3.35. The van der Waals surface area contributed by atoms with Crippen LogP contribution in [0.3, 0.4) is 0 Å². The second kappa shape index (κ2) is 8.48. The largest absolute Gasteiger partial charge is 0.316 e. The first-order valence-corrected chi connectivity index (χ1v) is 5.47. The van der Waals surface area contributed by atoms with E-state index >= 15 is 0 Å². The van der Waals surface area contributed by atoms with Crippen LogP contribution in [0, 0.1) is 0 Å². The smallest absolute Gasteiger partial charge is 0.0558 e. The lowest BCUT2D eigenvalue weighted by molar-refractivity contribution is 0.389. The van der Waals surface area contributed by atoms with E-state index in [9.17, 15) is 0 Å². The molecule has 0 aliphatic heterocycles.